The van der Waals surface area contributed by atoms with Gasteiger partial charge in [-0.25, -0.2) is 9.59 Å². The van der Waals surface area contributed by atoms with Crippen LogP contribution in [0.3, 0.4) is 0 Å². The lowest BCUT2D eigenvalue weighted by atomic mass is 10.1. The average molecular weight is 180 g/mol. The molecule has 0 atom stereocenters. The summed E-state index contributed by atoms with van der Waals surface area (Å²) in [5, 5.41) is 17.4. The van der Waals surface area contributed by atoms with Crippen LogP contribution < -0.4 is 0 Å². The maximum atomic E-state index is 10.6. The Balaban J connectivity index is 2.80. The quantitative estimate of drug-likeness (QED) is 0.726. The molecule has 5 nitrogen and oxygen atoms in total. The van der Waals surface area contributed by atoms with E-state index in [-0.39, 0.29) is 22.3 Å². The fourth-order valence-corrected chi connectivity index (χ4v) is 1.28. The summed E-state index contributed by atoms with van der Waals surface area (Å²) in [7, 11) is 0. The normalized spacial score (nSPS) is 10.8. The minimum Gasteiger partial charge on any atom is -0.478 e. The van der Waals surface area contributed by atoms with Crippen molar-refractivity contribution in [1.29, 1.82) is 0 Å². The van der Waals surface area contributed by atoms with Crippen LogP contribution in [-0.2, 0) is 0 Å². The molecule has 2 aromatic heterocycles. The molecule has 5 heteroatoms. The second-order valence-corrected chi connectivity index (χ2v) is 2.52. The first kappa shape index (κ1) is 7.60. The molecule has 0 aromatic carbocycles. The zero-order chi connectivity index (χ0) is 9.59. The number of furan rings is 2. The van der Waals surface area contributed by atoms with Crippen LogP contribution in [0.4, 0.5) is 0 Å². The summed E-state index contributed by atoms with van der Waals surface area (Å²) in [5.41, 5.74) is -0.352. The van der Waals surface area contributed by atoms with Gasteiger partial charge in [0.1, 0.15) is 22.3 Å². The molecule has 0 aliphatic rings. The van der Waals surface area contributed by atoms with Crippen LogP contribution in [0.1, 0.15) is 20.7 Å². The smallest absolute Gasteiger partial charge is 0.340 e. The summed E-state index contributed by atoms with van der Waals surface area (Å²) >= 11 is 0. The summed E-state index contributed by atoms with van der Waals surface area (Å²) in [4.78, 5) is 21.3. The molecule has 13 heavy (non-hydrogen) atoms. The van der Waals surface area contributed by atoms with Gasteiger partial charge in [-0.15, -0.1) is 0 Å². The highest BCUT2D eigenvalue weighted by molar-refractivity contribution is 6.12. The van der Waals surface area contributed by atoms with Gasteiger partial charge in [-0.1, -0.05) is 0 Å². The molecule has 0 aliphatic heterocycles. The highest BCUT2D eigenvalue weighted by Crippen LogP contribution is 2.28. The first-order valence-electron chi connectivity index (χ1n) is 3.42. The second kappa shape index (κ2) is 2.22. The van der Waals surface area contributed by atoms with E-state index >= 15 is 0 Å². The number of fused-ring (bicyclic) bond motifs is 2. The fourth-order valence-electron chi connectivity index (χ4n) is 1.28. The average Bonchev–Trinajstić information content (AvgIpc) is 2.60. The largest absolute Gasteiger partial charge is 0.478 e. The monoisotopic (exact) mass is 180 g/mol. The summed E-state index contributed by atoms with van der Waals surface area (Å²) in [6.45, 7) is 0. The second-order valence-electron chi connectivity index (χ2n) is 2.52. The Bertz CT molecular complexity index is 438. The molecule has 0 unspecified atom stereocenters. The number of aromatic carboxylic acids is 2. The van der Waals surface area contributed by atoms with Crippen molar-refractivity contribution in [3.63, 3.8) is 0 Å². The minimum atomic E-state index is -1.29. The van der Waals surface area contributed by atoms with Gasteiger partial charge in [-0.3, -0.25) is 0 Å². The van der Waals surface area contributed by atoms with E-state index in [0.717, 1.165) is 0 Å². The lowest BCUT2D eigenvalue weighted by Gasteiger charge is -1.93. The van der Waals surface area contributed by atoms with Gasteiger partial charge < -0.3 is 14.6 Å². The van der Waals surface area contributed by atoms with E-state index in [4.69, 9.17) is 14.6 Å². The van der Waals surface area contributed by atoms with Gasteiger partial charge in [0, 0.05) is 0 Å². The van der Waals surface area contributed by atoms with Crippen molar-refractivity contribution < 1.29 is 24.2 Å². The molecule has 2 aromatic rings. The van der Waals surface area contributed by atoms with Crippen LogP contribution in [0.25, 0.3) is 11.2 Å². The third-order valence-electron chi connectivity index (χ3n) is 1.78. The Hall–Kier alpha value is -2.04. The maximum Gasteiger partial charge on any atom is 0.340 e. The summed E-state index contributed by atoms with van der Waals surface area (Å²) < 4.78 is 4.91. The van der Waals surface area contributed by atoms with Gasteiger partial charge in [-0.05, 0) is 12.1 Å². The zero-order valence-corrected chi connectivity index (χ0v) is 6.27. The van der Waals surface area contributed by atoms with E-state index in [1.54, 1.807) is 0 Å². The SMILES string of the molecule is O=C(O)c1c(C(=O)O)c2ccc1o2. The van der Waals surface area contributed by atoms with Crippen molar-refractivity contribution in [3.05, 3.63) is 23.3 Å². The highest BCUT2D eigenvalue weighted by atomic mass is 16.4. The van der Waals surface area contributed by atoms with Gasteiger partial charge in [0.05, 0.1) is 0 Å². The van der Waals surface area contributed by atoms with Crippen LogP contribution in [-0.4, -0.2) is 22.2 Å². The molecular weight excluding hydrogens is 176 g/mol. The maximum absolute atomic E-state index is 10.6. The predicted molar refractivity (Wildman–Crippen MR) is 41.3 cm³/mol. The van der Waals surface area contributed by atoms with Crippen LogP contribution in [0.5, 0.6) is 0 Å². The first-order valence-corrected chi connectivity index (χ1v) is 3.42. The lowest BCUT2D eigenvalue weighted by molar-refractivity contribution is 0.0655. The van der Waals surface area contributed by atoms with Crippen molar-refractivity contribution in [3.8, 4) is 0 Å². The van der Waals surface area contributed by atoms with Crippen LogP contribution in [0.2, 0.25) is 0 Å². The standard InChI is InChI=1S/C8H4O5/c9-7(10)5-3-1-2-4(13-3)6(5)8(11)12/h1-2H,(H,9,10)(H,11,12). The first-order chi connectivity index (χ1) is 6.11. The number of rotatable bonds is 2. The van der Waals surface area contributed by atoms with Gasteiger partial charge in [-0.2, -0.15) is 0 Å². The Kier molecular flexibility index (Phi) is 1.30. The molecular formula is C8H4O5. The molecule has 0 radical (unpaired) electrons. The molecule has 0 aliphatic carbocycles. The number of carbonyl (C=O) groups is 2. The fraction of sp³-hybridized carbons (Fsp3) is 0. The molecule has 0 amide bonds. The number of carboxylic acid groups (broad SMARTS) is 2. The molecule has 0 spiro atoms. The van der Waals surface area contributed by atoms with E-state index in [2.05, 4.69) is 0 Å². The molecule has 2 bridgehead atoms. The number of benzene rings is 1. The molecule has 0 saturated carbocycles. The third kappa shape index (κ3) is 0.868. The van der Waals surface area contributed by atoms with Crippen LogP contribution >= 0.6 is 0 Å². The van der Waals surface area contributed by atoms with Crippen molar-refractivity contribution in [1.82, 2.24) is 0 Å². The van der Waals surface area contributed by atoms with Crippen molar-refractivity contribution >= 4 is 23.1 Å². The van der Waals surface area contributed by atoms with Crippen LogP contribution in [0, 0.1) is 0 Å². The van der Waals surface area contributed by atoms with E-state index < -0.39 is 11.9 Å². The predicted octanol–water partition coefficient (Wildman–Crippen LogP) is 1.27. The molecule has 0 saturated heterocycles. The molecule has 66 valence electrons. The number of carboxylic acids is 2. The van der Waals surface area contributed by atoms with E-state index in [1.807, 2.05) is 0 Å². The minimum absolute atomic E-state index is 0.0971. The van der Waals surface area contributed by atoms with Crippen molar-refractivity contribution in [2.24, 2.45) is 0 Å². The Morgan fingerprint density at radius 2 is 1.38 bits per heavy atom. The van der Waals surface area contributed by atoms with Gasteiger partial charge in [0.25, 0.3) is 0 Å². The molecule has 2 heterocycles. The lowest BCUT2D eigenvalue weighted by Crippen LogP contribution is -2.05. The molecule has 0 fully saturated rings. The summed E-state index contributed by atoms with van der Waals surface area (Å²) in [6.07, 6.45) is 0. The van der Waals surface area contributed by atoms with E-state index in [0.29, 0.717) is 0 Å². The van der Waals surface area contributed by atoms with Crippen LogP contribution in [0.15, 0.2) is 16.5 Å². The van der Waals surface area contributed by atoms with Crippen molar-refractivity contribution in [2.45, 2.75) is 0 Å². The van der Waals surface area contributed by atoms with E-state index in [1.165, 1.54) is 12.1 Å². The summed E-state index contributed by atoms with van der Waals surface area (Å²) in [5.74, 6) is -2.57. The molecule has 2 N–H and O–H groups in total. The third-order valence-corrected chi connectivity index (χ3v) is 1.78. The van der Waals surface area contributed by atoms with Gasteiger partial charge >= 0.3 is 11.9 Å². The highest BCUT2D eigenvalue weighted by Gasteiger charge is 2.26. The van der Waals surface area contributed by atoms with E-state index in [9.17, 15) is 9.59 Å². The number of hydrogen-bond acceptors (Lipinski definition) is 3. The summed E-state index contributed by atoms with van der Waals surface area (Å²) in [6, 6.07) is 2.87. The number of hydrogen-bond donors (Lipinski definition) is 2. The Morgan fingerprint density at radius 3 is 1.69 bits per heavy atom. The topological polar surface area (TPSA) is 87.7 Å². The zero-order valence-electron chi connectivity index (χ0n) is 6.27. The Morgan fingerprint density at radius 1 is 1.00 bits per heavy atom. The van der Waals surface area contributed by atoms with Gasteiger partial charge in [0.2, 0.25) is 0 Å². The van der Waals surface area contributed by atoms with Crippen molar-refractivity contribution in [2.75, 3.05) is 0 Å². The van der Waals surface area contributed by atoms with Gasteiger partial charge in [0.15, 0.2) is 0 Å². The molecule has 2 rings (SSSR count). The Labute approximate surface area is 71.5 Å².